The Hall–Kier alpha value is -5.75. The number of alkyl halides is 3. The third-order valence-electron chi connectivity index (χ3n) is 7.47. The molecule has 0 fully saturated rings. The van der Waals surface area contributed by atoms with E-state index in [1.807, 2.05) is 30.3 Å². The van der Waals surface area contributed by atoms with Gasteiger partial charge in [0.1, 0.15) is 23.4 Å². The summed E-state index contributed by atoms with van der Waals surface area (Å²) in [6, 6.07) is 23.8. The summed E-state index contributed by atoms with van der Waals surface area (Å²) in [7, 11) is 0. The van der Waals surface area contributed by atoms with Gasteiger partial charge in [0.25, 0.3) is 5.69 Å². The molecule has 47 heavy (non-hydrogen) atoms. The van der Waals surface area contributed by atoms with Crippen molar-refractivity contribution in [3.63, 3.8) is 0 Å². The molecule has 8 nitrogen and oxygen atoms in total. The minimum absolute atomic E-state index is 0.0678. The summed E-state index contributed by atoms with van der Waals surface area (Å²) >= 11 is 0. The first-order valence-electron chi connectivity index (χ1n) is 14.3. The van der Waals surface area contributed by atoms with E-state index in [1.54, 1.807) is 23.0 Å². The van der Waals surface area contributed by atoms with E-state index in [0.717, 1.165) is 23.8 Å². The molecule has 0 aliphatic carbocycles. The second kappa shape index (κ2) is 12.9. The summed E-state index contributed by atoms with van der Waals surface area (Å²) in [4.78, 5) is 19.8. The van der Waals surface area contributed by atoms with E-state index in [-0.39, 0.29) is 29.4 Å². The van der Waals surface area contributed by atoms with Crippen LogP contribution in [0.4, 0.5) is 23.2 Å². The molecule has 0 aliphatic heterocycles. The van der Waals surface area contributed by atoms with Crippen LogP contribution in [0.1, 0.15) is 28.4 Å². The number of hydrogen-bond acceptors (Lipinski definition) is 6. The van der Waals surface area contributed by atoms with Crippen molar-refractivity contribution in [1.82, 2.24) is 9.97 Å². The van der Waals surface area contributed by atoms with Gasteiger partial charge in [0.2, 0.25) is 5.88 Å². The van der Waals surface area contributed by atoms with E-state index in [1.165, 1.54) is 48.7 Å². The zero-order valence-corrected chi connectivity index (χ0v) is 24.4. The first-order chi connectivity index (χ1) is 22.5. The Labute approximate surface area is 265 Å². The third-order valence-corrected chi connectivity index (χ3v) is 7.47. The molecule has 0 saturated heterocycles. The molecule has 236 valence electrons. The van der Waals surface area contributed by atoms with Gasteiger partial charge in [-0.1, -0.05) is 42.5 Å². The van der Waals surface area contributed by atoms with E-state index in [2.05, 4.69) is 9.97 Å². The lowest BCUT2D eigenvalue weighted by atomic mass is 10.0. The largest absolute Gasteiger partial charge is 0.438 e. The minimum Gasteiger partial charge on any atom is -0.438 e. The lowest BCUT2D eigenvalue weighted by molar-refractivity contribution is -0.704. The fourth-order valence-corrected chi connectivity index (χ4v) is 5.13. The fraction of sp³-hybridized carbons (Fsp3) is 0.114. The first-order valence-corrected chi connectivity index (χ1v) is 14.3. The highest BCUT2D eigenvalue weighted by molar-refractivity contribution is 5.82. The van der Waals surface area contributed by atoms with E-state index in [0.29, 0.717) is 34.1 Å². The highest BCUT2D eigenvalue weighted by atomic mass is 19.4. The van der Waals surface area contributed by atoms with Crippen LogP contribution in [0.15, 0.2) is 116 Å². The smallest absolute Gasteiger partial charge is 0.416 e. The molecule has 2 heterocycles. The van der Waals surface area contributed by atoms with Crippen LogP contribution in [-0.4, -0.2) is 20.0 Å². The van der Waals surface area contributed by atoms with Gasteiger partial charge in [0, 0.05) is 40.6 Å². The zero-order chi connectivity index (χ0) is 33.1. The Morgan fingerprint density at radius 2 is 1.72 bits per heavy atom. The van der Waals surface area contributed by atoms with Crippen LogP contribution in [0.5, 0.6) is 11.6 Å². The molecule has 0 radical (unpaired) electrons. The van der Waals surface area contributed by atoms with Crippen molar-refractivity contribution in [2.75, 3.05) is 0 Å². The molecule has 1 atom stereocenters. The Morgan fingerprint density at radius 1 is 0.957 bits per heavy atom. The number of ether oxygens (including phenoxy) is 1. The maximum absolute atomic E-state index is 14.5. The van der Waals surface area contributed by atoms with E-state index < -0.39 is 28.6 Å². The molecule has 0 bridgehead atoms. The summed E-state index contributed by atoms with van der Waals surface area (Å²) in [5, 5.41) is 23.2. The maximum atomic E-state index is 14.5. The molecule has 1 unspecified atom stereocenters. The number of halogens is 4. The topological polar surface area (TPSA) is 102 Å². The van der Waals surface area contributed by atoms with E-state index >= 15 is 0 Å². The van der Waals surface area contributed by atoms with E-state index in [4.69, 9.17) is 4.74 Å². The Balaban J connectivity index is 1.31. The SMILES string of the molecule is O=[N+]([O-])c1ccc2nc(Oc3ccc(F)cc3C(O)C[n+]3ccnc(-c4ccc(C(F)(F)F)cc4)c3)c(Cc3ccccc3)cc2c1. The quantitative estimate of drug-likeness (QED) is 0.0749. The molecule has 0 spiro atoms. The molecular formula is C35H25F4N4O4+. The number of nitro groups is 1. The van der Waals surface area contributed by atoms with Gasteiger partial charge >= 0.3 is 6.18 Å². The highest BCUT2D eigenvalue weighted by Gasteiger charge is 2.30. The molecule has 12 heteroatoms. The number of aromatic nitrogens is 3. The van der Waals surface area contributed by atoms with Crippen molar-refractivity contribution in [3.05, 3.63) is 154 Å². The van der Waals surface area contributed by atoms with Crippen molar-refractivity contribution < 1.29 is 36.9 Å². The van der Waals surface area contributed by atoms with Crippen LogP contribution in [0, 0.1) is 15.9 Å². The number of fused-ring (bicyclic) bond motifs is 1. The van der Waals surface area contributed by atoms with Gasteiger partial charge in [0.05, 0.1) is 22.2 Å². The summed E-state index contributed by atoms with van der Waals surface area (Å²) in [5.41, 5.74) is 2.05. The minimum atomic E-state index is -4.47. The predicted molar refractivity (Wildman–Crippen MR) is 164 cm³/mol. The number of hydrogen-bond donors (Lipinski definition) is 1. The zero-order valence-electron chi connectivity index (χ0n) is 24.4. The average molecular weight is 642 g/mol. The summed E-state index contributed by atoms with van der Waals surface area (Å²) in [5.74, 6) is -0.295. The van der Waals surface area contributed by atoms with Crippen molar-refractivity contribution in [2.24, 2.45) is 0 Å². The molecule has 0 aliphatic rings. The van der Waals surface area contributed by atoms with Gasteiger partial charge < -0.3 is 9.84 Å². The van der Waals surface area contributed by atoms with Gasteiger partial charge in [-0.3, -0.25) is 10.1 Å². The lowest BCUT2D eigenvalue weighted by Gasteiger charge is -2.17. The number of nitro benzene ring substituents is 1. The number of aliphatic hydroxyl groups excluding tert-OH is 1. The standard InChI is InChI=1S/C35H25F4N4O4/c36-27-10-13-33(29(19-27)32(44)21-42-15-14-40-31(20-42)23-6-8-26(9-7-23)35(37,38)39)47-34-25(16-22-4-2-1-3-5-22)17-24-18-28(43(45)46)11-12-30(24)41-34/h1-15,17-20,32,44H,16,21H2/q+1. The third kappa shape index (κ3) is 7.23. The number of rotatable bonds is 9. The molecule has 6 rings (SSSR count). The number of nitrogens with zero attached hydrogens (tertiary/aromatic N) is 4. The monoisotopic (exact) mass is 641 g/mol. The fourth-order valence-electron chi connectivity index (χ4n) is 5.13. The van der Waals surface area contributed by atoms with Crippen LogP contribution in [0.25, 0.3) is 22.2 Å². The van der Waals surface area contributed by atoms with E-state index in [9.17, 15) is 32.8 Å². The van der Waals surface area contributed by atoms with Crippen LogP contribution in [0.3, 0.4) is 0 Å². The highest BCUT2D eigenvalue weighted by Crippen LogP contribution is 2.35. The molecular weight excluding hydrogens is 616 g/mol. The van der Waals surface area contributed by atoms with Crippen LogP contribution < -0.4 is 9.30 Å². The Bertz CT molecular complexity index is 2070. The van der Waals surface area contributed by atoms with Crippen molar-refractivity contribution >= 4 is 16.6 Å². The first kappa shape index (κ1) is 31.2. The molecule has 2 aromatic heterocycles. The molecule has 0 amide bonds. The Kier molecular flexibility index (Phi) is 8.59. The van der Waals surface area contributed by atoms with Crippen LogP contribution in [-0.2, 0) is 19.1 Å². The van der Waals surface area contributed by atoms with Crippen molar-refractivity contribution in [2.45, 2.75) is 25.2 Å². The summed E-state index contributed by atoms with van der Waals surface area (Å²) in [6.07, 6.45) is -0.799. The number of benzene rings is 4. The summed E-state index contributed by atoms with van der Waals surface area (Å²) in [6.45, 7) is -0.0678. The molecule has 4 aromatic carbocycles. The van der Waals surface area contributed by atoms with Gasteiger partial charge in [-0.2, -0.15) is 17.7 Å². The Morgan fingerprint density at radius 3 is 2.45 bits per heavy atom. The van der Waals surface area contributed by atoms with Gasteiger partial charge in [-0.25, -0.2) is 14.4 Å². The van der Waals surface area contributed by atoms with Crippen LogP contribution in [0.2, 0.25) is 0 Å². The lowest BCUT2D eigenvalue weighted by Crippen LogP contribution is -2.36. The normalized spacial score (nSPS) is 12.2. The second-order valence-corrected chi connectivity index (χ2v) is 10.8. The van der Waals surface area contributed by atoms with Crippen molar-refractivity contribution in [1.29, 1.82) is 0 Å². The second-order valence-electron chi connectivity index (χ2n) is 10.8. The predicted octanol–water partition coefficient (Wildman–Crippen LogP) is 7.77. The van der Waals surface area contributed by atoms with Gasteiger partial charge in [-0.05, 0) is 48.0 Å². The molecule has 1 N–H and O–H groups in total. The van der Waals surface area contributed by atoms with Gasteiger partial charge in [-0.15, -0.1) is 0 Å². The van der Waals surface area contributed by atoms with Crippen LogP contribution >= 0.6 is 0 Å². The number of aliphatic hydroxyl groups is 1. The van der Waals surface area contributed by atoms with Crippen molar-refractivity contribution in [3.8, 4) is 22.9 Å². The number of pyridine rings is 1. The number of non-ortho nitro benzene ring substituents is 1. The maximum Gasteiger partial charge on any atom is 0.416 e. The molecule has 0 saturated carbocycles. The van der Waals surface area contributed by atoms with Gasteiger partial charge in [0.15, 0.2) is 18.9 Å². The molecule has 6 aromatic rings. The average Bonchev–Trinajstić information content (AvgIpc) is 3.05. The summed E-state index contributed by atoms with van der Waals surface area (Å²) < 4.78 is 61.4.